The van der Waals surface area contributed by atoms with E-state index < -0.39 is 0 Å². The third-order valence-corrected chi connectivity index (χ3v) is 7.53. The summed E-state index contributed by atoms with van der Waals surface area (Å²) in [6, 6.07) is 6.92. The molecule has 3 rings (SSSR count). The maximum atomic E-state index is 12.6. The van der Waals surface area contributed by atoms with Crippen LogP contribution >= 0.6 is 0 Å². The highest BCUT2D eigenvalue weighted by Gasteiger charge is 2.28. The van der Waals surface area contributed by atoms with Crippen molar-refractivity contribution in [2.45, 2.75) is 104 Å². The summed E-state index contributed by atoms with van der Waals surface area (Å²) in [4.78, 5) is 25.1. The van der Waals surface area contributed by atoms with E-state index in [1.165, 1.54) is 38.5 Å². The van der Waals surface area contributed by atoms with Crippen LogP contribution in [0.3, 0.4) is 0 Å². The summed E-state index contributed by atoms with van der Waals surface area (Å²) >= 11 is 0. The number of rotatable bonds is 10. The van der Waals surface area contributed by atoms with Gasteiger partial charge in [-0.3, -0.25) is 9.59 Å². The summed E-state index contributed by atoms with van der Waals surface area (Å²) < 4.78 is 11.2. The van der Waals surface area contributed by atoms with Crippen LogP contribution in [0.4, 0.5) is 0 Å². The summed E-state index contributed by atoms with van der Waals surface area (Å²) in [5.74, 6) is 2.38. The van der Waals surface area contributed by atoms with E-state index in [2.05, 4.69) is 13.8 Å². The van der Waals surface area contributed by atoms with E-state index in [-0.39, 0.29) is 23.8 Å². The first-order valence-corrected chi connectivity index (χ1v) is 13.1. The van der Waals surface area contributed by atoms with Gasteiger partial charge in [0.25, 0.3) is 0 Å². The van der Waals surface area contributed by atoms with Gasteiger partial charge in [-0.25, -0.2) is 0 Å². The molecule has 2 aliphatic carbocycles. The molecule has 2 fully saturated rings. The van der Waals surface area contributed by atoms with Crippen LogP contribution in [0.25, 0.3) is 0 Å². The number of esters is 2. The zero-order valence-corrected chi connectivity index (χ0v) is 20.2. The number of carbonyl (C=O) groups excluding carboxylic acids is 2. The fourth-order valence-electron chi connectivity index (χ4n) is 5.44. The molecule has 0 saturated heterocycles. The van der Waals surface area contributed by atoms with Crippen molar-refractivity contribution in [3.8, 4) is 11.5 Å². The predicted octanol–water partition coefficient (Wildman–Crippen LogP) is 7.49. The van der Waals surface area contributed by atoms with E-state index in [1.54, 1.807) is 24.3 Å². The molecule has 178 valence electrons. The Morgan fingerprint density at radius 3 is 1.50 bits per heavy atom. The van der Waals surface area contributed by atoms with Gasteiger partial charge >= 0.3 is 11.9 Å². The average Bonchev–Trinajstić information content (AvgIpc) is 2.81. The first-order chi connectivity index (χ1) is 15.6. The van der Waals surface area contributed by atoms with Gasteiger partial charge < -0.3 is 9.47 Å². The summed E-state index contributed by atoms with van der Waals surface area (Å²) in [6.45, 7) is 4.46. The number of hydrogen-bond acceptors (Lipinski definition) is 4. The Bertz CT molecular complexity index is 695. The minimum absolute atomic E-state index is 0.0118. The fraction of sp³-hybridized carbons (Fsp3) is 0.714. The van der Waals surface area contributed by atoms with Crippen molar-refractivity contribution in [1.82, 2.24) is 0 Å². The predicted molar refractivity (Wildman–Crippen MR) is 128 cm³/mol. The van der Waals surface area contributed by atoms with Crippen LogP contribution in [-0.2, 0) is 9.59 Å². The minimum atomic E-state index is -0.125. The lowest BCUT2D eigenvalue weighted by atomic mass is 9.80. The Kier molecular flexibility index (Phi) is 10.1. The molecule has 32 heavy (non-hydrogen) atoms. The molecule has 0 N–H and O–H groups in total. The van der Waals surface area contributed by atoms with E-state index in [1.807, 2.05) is 0 Å². The zero-order valence-electron chi connectivity index (χ0n) is 20.2. The zero-order chi connectivity index (χ0) is 22.8. The topological polar surface area (TPSA) is 52.6 Å². The van der Waals surface area contributed by atoms with Gasteiger partial charge in [-0.15, -0.1) is 0 Å². The minimum Gasteiger partial charge on any atom is -0.426 e. The van der Waals surface area contributed by atoms with Gasteiger partial charge in [0.1, 0.15) is 11.5 Å². The molecular formula is C28H42O4. The normalized spacial score (nSPS) is 25.8. The van der Waals surface area contributed by atoms with Crippen LogP contribution in [-0.4, -0.2) is 11.9 Å². The molecule has 2 saturated carbocycles. The van der Waals surface area contributed by atoms with E-state index in [9.17, 15) is 9.59 Å². The van der Waals surface area contributed by atoms with Gasteiger partial charge in [0.15, 0.2) is 0 Å². The van der Waals surface area contributed by atoms with Gasteiger partial charge in [0, 0.05) is 0 Å². The second-order valence-electron chi connectivity index (χ2n) is 10.0. The fourth-order valence-corrected chi connectivity index (χ4v) is 5.44. The Labute approximate surface area is 194 Å². The molecule has 0 bridgehead atoms. The summed E-state index contributed by atoms with van der Waals surface area (Å²) in [5.41, 5.74) is 0. The summed E-state index contributed by atoms with van der Waals surface area (Å²) in [7, 11) is 0. The molecule has 1 aromatic rings. The van der Waals surface area contributed by atoms with Crippen LogP contribution in [0.15, 0.2) is 24.3 Å². The second-order valence-corrected chi connectivity index (χ2v) is 10.0. The van der Waals surface area contributed by atoms with Gasteiger partial charge in [-0.2, -0.15) is 0 Å². The maximum absolute atomic E-state index is 12.6. The number of benzene rings is 1. The van der Waals surface area contributed by atoms with Crippen LogP contribution in [0.5, 0.6) is 11.5 Å². The highest BCUT2D eigenvalue weighted by atomic mass is 16.5. The molecule has 0 spiro atoms. The molecule has 4 heteroatoms. The van der Waals surface area contributed by atoms with E-state index in [4.69, 9.17) is 9.47 Å². The lowest BCUT2D eigenvalue weighted by Crippen LogP contribution is -2.26. The van der Waals surface area contributed by atoms with Crippen LogP contribution in [0, 0.1) is 23.7 Å². The van der Waals surface area contributed by atoms with Gasteiger partial charge in [-0.05, 0) is 87.5 Å². The monoisotopic (exact) mass is 442 g/mol. The SMILES string of the molecule is CCCCCC1CCC(C(=O)Oc2ccc(OC(=O)C3CCC(CCC)CC3)cc2)CC1. The lowest BCUT2D eigenvalue weighted by molar-refractivity contribution is -0.141. The van der Waals surface area contributed by atoms with Crippen molar-refractivity contribution in [3.05, 3.63) is 24.3 Å². The van der Waals surface area contributed by atoms with E-state index >= 15 is 0 Å². The Morgan fingerprint density at radius 2 is 1.09 bits per heavy atom. The van der Waals surface area contributed by atoms with Gasteiger partial charge in [0.2, 0.25) is 0 Å². The van der Waals surface area contributed by atoms with Crippen LogP contribution in [0.1, 0.15) is 104 Å². The van der Waals surface area contributed by atoms with E-state index in [0.29, 0.717) is 11.5 Å². The van der Waals surface area contributed by atoms with Gasteiger partial charge in [0.05, 0.1) is 11.8 Å². The number of hydrogen-bond donors (Lipinski definition) is 0. The first-order valence-electron chi connectivity index (χ1n) is 13.1. The molecule has 4 nitrogen and oxygen atoms in total. The standard InChI is InChI=1S/C28H42O4/c1-3-5-6-8-22-11-15-24(16-12-22)28(30)32-26-19-17-25(18-20-26)31-27(29)23-13-9-21(7-4-2)10-14-23/h17-24H,3-16H2,1-2H3. The lowest BCUT2D eigenvalue weighted by Gasteiger charge is -2.27. The maximum Gasteiger partial charge on any atom is 0.314 e. The van der Waals surface area contributed by atoms with Crippen molar-refractivity contribution < 1.29 is 19.1 Å². The van der Waals surface area contributed by atoms with Crippen molar-refractivity contribution in [1.29, 1.82) is 0 Å². The number of unbranched alkanes of at least 4 members (excludes halogenated alkanes) is 2. The number of ether oxygens (including phenoxy) is 2. The molecule has 1 aromatic carbocycles. The molecule has 0 heterocycles. The quantitative estimate of drug-likeness (QED) is 0.214. The molecule has 0 atom stereocenters. The average molecular weight is 443 g/mol. The van der Waals surface area contributed by atoms with Crippen molar-refractivity contribution in [3.63, 3.8) is 0 Å². The van der Waals surface area contributed by atoms with Crippen molar-refractivity contribution in [2.75, 3.05) is 0 Å². The summed E-state index contributed by atoms with van der Waals surface area (Å²) in [6.07, 6.45) is 15.9. The molecular weight excluding hydrogens is 400 g/mol. The molecule has 0 radical (unpaired) electrons. The first kappa shape index (κ1) is 24.8. The van der Waals surface area contributed by atoms with Crippen LogP contribution < -0.4 is 9.47 Å². The van der Waals surface area contributed by atoms with Crippen molar-refractivity contribution >= 4 is 11.9 Å². The molecule has 2 aliphatic rings. The Morgan fingerprint density at radius 1 is 0.656 bits per heavy atom. The number of carbonyl (C=O) groups is 2. The third kappa shape index (κ3) is 7.64. The smallest absolute Gasteiger partial charge is 0.314 e. The Hall–Kier alpha value is -1.84. The second kappa shape index (κ2) is 13.0. The largest absolute Gasteiger partial charge is 0.426 e. The molecule has 0 aromatic heterocycles. The van der Waals surface area contributed by atoms with Gasteiger partial charge in [-0.1, -0.05) is 52.4 Å². The van der Waals surface area contributed by atoms with Crippen LogP contribution in [0.2, 0.25) is 0 Å². The molecule has 0 unspecified atom stereocenters. The molecule has 0 aliphatic heterocycles. The summed E-state index contributed by atoms with van der Waals surface area (Å²) in [5, 5.41) is 0. The third-order valence-electron chi connectivity index (χ3n) is 7.53. The molecule has 0 amide bonds. The Balaban J connectivity index is 1.39. The van der Waals surface area contributed by atoms with Crippen molar-refractivity contribution in [2.24, 2.45) is 23.7 Å². The van der Waals surface area contributed by atoms with E-state index in [0.717, 1.165) is 63.2 Å². The highest BCUT2D eigenvalue weighted by molar-refractivity contribution is 5.76. The highest BCUT2D eigenvalue weighted by Crippen LogP contribution is 2.34.